The second kappa shape index (κ2) is 8.24. The molecule has 2 N–H and O–H groups in total. The first-order valence-electron chi connectivity index (χ1n) is 6.95. The Bertz CT molecular complexity index is 695. The van der Waals surface area contributed by atoms with Crippen LogP contribution in [0.15, 0.2) is 42.7 Å². The summed E-state index contributed by atoms with van der Waals surface area (Å²) in [4.78, 5) is 27.4. The fourth-order valence-corrected chi connectivity index (χ4v) is 2.02. The molecule has 2 rings (SSSR count). The molecule has 0 saturated heterocycles. The molecule has 0 aliphatic carbocycles. The van der Waals surface area contributed by atoms with Crippen molar-refractivity contribution in [3.63, 3.8) is 0 Å². The second-order valence-electron chi connectivity index (χ2n) is 4.76. The fourth-order valence-electron chi connectivity index (χ4n) is 1.85. The van der Waals surface area contributed by atoms with Crippen LogP contribution in [-0.2, 0) is 11.3 Å². The van der Waals surface area contributed by atoms with Gasteiger partial charge in [-0.25, -0.2) is 4.39 Å². The first kappa shape index (κ1) is 16.9. The van der Waals surface area contributed by atoms with Gasteiger partial charge in [0.15, 0.2) is 0 Å². The highest BCUT2D eigenvalue weighted by Crippen LogP contribution is 2.14. The van der Waals surface area contributed by atoms with Crippen LogP contribution in [0.25, 0.3) is 0 Å². The van der Waals surface area contributed by atoms with Crippen molar-refractivity contribution >= 4 is 23.4 Å². The van der Waals surface area contributed by atoms with Crippen LogP contribution in [0.2, 0.25) is 5.02 Å². The zero-order valence-corrected chi connectivity index (χ0v) is 12.9. The van der Waals surface area contributed by atoms with Crippen molar-refractivity contribution in [1.29, 1.82) is 0 Å². The molecule has 2 amide bonds. The second-order valence-corrected chi connectivity index (χ2v) is 5.20. The van der Waals surface area contributed by atoms with E-state index in [0.717, 1.165) is 11.6 Å². The van der Waals surface area contributed by atoms with Gasteiger partial charge in [0.05, 0.1) is 5.56 Å². The van der Waals surface area contributed by atoms with Gasteiger partial charge in [-0.15, -0.1) is 0 Å². The van der Waals surface area contributed by atoms with Gasteiger partial charge in [-0.2, -0.15) is 0 Å². The average Bonchev–Trinajstić information content (AvgIpc) is 2.56. The molecular formula is C16H15ClFN3O2. The van der Waals surface area contributed by atoms with Crippen LogP contribution in [-0.4, -0.2) is 23.3 Å². The topological polar surface area (TPSA) is 71.1 Å². The molecule has 1 aromatic carbocycles. The molecule has 0 atom stereocenters. The number of pyridine rings is 1. The van der Waals surface area contributed by atoms with E-state index >= 15 is 0 Å². The summed E-state index contributed by atoms with van der Waals surface area (Å²) in [5.41, 5.74) is 0.785. The molecule has 0 aliphatic heterocycles. The van der Waals surface area contributed by atoms with Crippen LogP contribution in [0, 0.1) is 5.82 Å². The number of carbonyl (C=O) groups is 2. The molecule has 5 nitrogen and oxygen atoms in total. The molecular weight excluding hydrogens is 321 g/mol. The summed E-state index contributed by atoms with van der Waals surface area (Å²) in [5, 5.41) is 5.48. The molecule has 0 fully saturated rings. The molecule has 0 aliphatic rings. The average molecular weight is 336 g/mol. The van der Waals surface area contributed by atoms with E-state index < -0.39 is 11.7 Å². The quantitative estimate of drug-likeness (QED) is 0.851. The predicted molar refractivity (Wildman–Crippen MR) is 84.4 cm³/mol. The number of halogens is 2. The van der Waals surface area contributed by atoms with E-state index in [-0.39, 0.29) is 29.5 Å². The highest BCUT2D eigenvalue weighted by atomic mass is 35.5. The number of hydrogen-bond donors (Lipinski definition) is 2. The molecule has 0 bridgehead atoms. The first-order chi connectivity index (χ1) is 11.1. The summed E-state index contributed by atoms with van der Waals surface area (Å²) in [6.07, 6.45) is 3.38. The van der Waals surface area contributed by atoms with E-state index in [4.69, 9.17) is 11.6 Å². The maximum atomic E-state index is 13.5. The summed E-state index contributed by atoms with van der Waals surface area (Å²) >= 11 is 5.73. The van der Waals surface area contributed by atoms with Gasteiger partial charge in [0.1, 0.15) is 5.82 Å². The van der Waals surface area contributed by atoms with E-state index in [2.05, 4.69) is 15.6 Å². The van der Waals surface area contributed by atoms with Gasteiger partial charge in [-0.1, -0.05) is 11.6 Å². The molecule has 0 radical (unpaired) electrons. The fraction of sp³-hybridized carbons (Fsp3) is 0.188. The molecule has 23 heavy (non-hydrogen) atoms. The monoisotopic (exact) mass is 335 g/mol. The Morgan fingerprint density at radius 2 is 1.87 bits per heavy atom. The summed E-state index contributed by atoms with van der Waals surface area (Å²) < 4.78 is 13.5. The zero-order valence-electron chi connectivity index (χ0n) is 12.2. The standard InChI is InChI=1S/C16H15ClFN3O2/c17-12-1-2-14(18)13(9-12)16(23)20-8-5-15(22)21-10-11-3-6-19-7-4-11/h1-4,6-7,9H,5,8,10H2,(H,20,23)(H,21,22). The first-order valence-corrected chi connectivity index (χ1v) is 7.33. The molecule has 0 spiro atoms. The third-order valence-electron chi connectivity index (χ3n) is 3.05. The van der Waals surface area contributed by atoms with Gasteiger partial charge in [0.25, 0.3) is 5.91 Å². The minimum absolute atomic E-state index is 0.0962. The van der Waals surface area contributed by atoms with E-state index in [1.807, 2.05) is 0 Å². The molecule has 1 heterocycles. The summed E-state index contributed by atoms with van der Waals surface area (Å²) in [6, 6.07) is 7.32. The third kappa shape index (κ3) is 5.34. The SMILES string of the molecule is O=C(CCNC(=O)c1cc(Cl)ccc1F)NCc1ccncc1. The summed E-state index contributed by atoms with van der Waals surface area (Å²) in [6.45, 7) is 0.491. The minimum Gasteiger partial charge on any atom is -0.352 e. The molecule has 2 aromatic rings. The van der Waals surface area contributed by atoms with Crippen LogP contribution in [0.3, 0.4) is 0 Å². The number of nitrogens with one attached hydrogen (secondary N) is 2. The zero-order chi connectivity index (χ0) is 16.7. The Morgan fingerprint density at radius 1 is 1.13 bits per heavy atom. The van der Waals surface area contributed by atoms with Crippen molar-refractivity contribution in [1.82, 2.24) is 15.6 Å². The number of rotatable bonds is 6. The van der Waals surface area contributed by atoms with E-state index in [1.165, 1.54) is 12.1 Å². The number of nitrogens with zero attached hydrogens (tertiary/aromatic N) is 1. The van der Waals surface area contributed by atoms with Gasteiger partial charge in [-0.05, 0) is 35.9 Å². The van der Waals surface area contributed by atoms with Crippen molar-refractivity contribution in [2.24, 2.45) is 0 Å². The smallest absolute Gasteiger partial charge is 0.254 e. The van der Waals surface area contributed by atoms with E-state index in [0.29, 0.717) is 6.54 Å². The van der Waals surface area contributed by atoms with Crippen LogP contribution in [0.1, 0.15) is 22.3 Å². The number of carbonyl (C=O) groups excluding carboxylic acids is 2. The lowest BCUT2D eigenvalue weighted by Gasteiger charge is -2.07. The largest absolute Gasteiger partial charge is 0.352 e. The summed E-state index contributed by atoms with van der Waals surface area (Å²) in [7, 11) is 0. The van der Waals surface area contributed by atoms with Gasteiger partial charge < -0.3 is 10.6 Å². The van der Waals surface area contributed by atoms with Gasteiger partial charge in [-0.3, -0.25) is 14.6 Å². The van der Waals surface area contributed by atoms with Crippen molar-refractivity contribution in [3.05, 3.63) is 64.7 Å². The van der Waals surface area contributed by atoms with Crippen molar-refractivity contribution in [2.45, 2.75) is 13.0 Å². The number of aromatic nitrogens is 1. The Kier molecular flexibility index (Phi) is 6.05. The van der Waals surface area contributed by atoms with Crippen molar-refractivity contribution < 1.29 is 14.0 Å². The predicted octanol–water partition coefficient (Wildman–Crippen LogP) is 2.31. The lowest BCUT2D eigenvalue weighted by molar-refractivity contribution is -0.121. The Hall–Kier alpha value is -2.47. The van der Waals surface area contributed by atoms with Crippen molar-refractivity contribution in [3.8, 4) is 0 Å². The van der Waals surface area contributed by atoms with Crippen LogP contribution >= 0.6 is 11.6 Å². The van der Waals surface area contributed by atoms with Crippen molar-refractivity contribution in [2.75, 3.05) is 6.54 Å². The molecule has 0 unspecified atom stereocenters. The van der Waals surface area contributed by atoms with E-state index in [9.17, 15) is 14.0 Å². The molecule has 0 saturated carbocycles. The maximum Gasteiger partial charge on any atom is 0.254 e. The Morgan fingerprint density at radius 3 is 2.61 bits per heavy atom. The normalized spacial score (nSPS) is 10.2. The van der Waals surface area contributed by atoms with Crippen LogP contribution in [0.4, 0.5) is 4.39 Å². The van der Waals surface area contributed by atoms with Gasteiger partial charge >= 0.3 is 0 Å². The van der Waals surface area contributed by atoms with Gasteiger partial charge in [0.2, 0.25) is 5.91 Å². The van der Waals surface area contributed by atoms with Crippen LogP contribution in [0.5, 0.6) is 0 Å². The Labute approximate surface area is 137 Å². The third-order valence-corrected chi connectivity index (χ3v) is 3.28. The van der Waals surface area contributed by atoms with Crippen LogP contribution < -0.4 is 10.6 Å². The number of hydrogen-bond acceptors (Lipinski definition) is 3. The lowest BCUT2D eigenvalue weighted by Crippen LogP contribution is -2.30. The highest BCUT2D eigenvalue weighted by Gasteiger charge is 2.12. The molecule has 7 heteroatoms. The number of amides is 2. The van der Waals surface area contributed by atoms with E-state index in [1.54, 1.807) is 24.5 Å². The lowest BCUT2D eigenvalue weighted by atomic mass is 10.2. The molecule has 120 valence electrons. The Balaban J connectivity index is 1.75. The van der Waals surface area contributed by atoms with Gasteiger partial charge in [0, 0.05) is 36.9 Å². The highest BCUT2D eigenvalue weighted by molar-refractivity contribution is 6.31. The molecule has 1 aromatic heterocycles. The summed E-state index contributed by atoms with van der Waals surface area (Å²) in [5.74, 6) is -1.48. The number of benzene rings is 1. The minimum atomic E-state index is -0.658. The maximum absolute atomic E-state index is 13.5.